The van der Waals surface area contributed by atoms with E-state index in [2.05, 4.69) is 0 Å². The van der Waals surface area contributed by atoms with E-state index in [4.69, 9.17) is 17.3 Å². The van der Waals surface area contributed by atoms with Gasteiger partial charge in [-0.05, 0) is 35.7 Å². The Morgan fingerprint density at radius 3 is 2.39 bits per heavy atom. The Balaban J connectivity index is 2.18. The zero-order valence-corrected chi connectivity index (χ0v) is 10.3. The zero-order valence-electron chi connectivity index (χ0n) is 9.54. The van der Waals surface area contributed by atoms with Crippen molar-refractivity contribution >= 4 is 11.6 Å². The van der Waals surface area contributed by atoms with Gasteiger partial charge in [0, 0.05) is 6.04 Å². The van der Waals surface area contributed by atoms with Crippen LogP contribution >= 0.6 is 11.6 Å². The standard InChI is InChI=1S/C14H12ClF2N/c15-12-3-1-2-10(14(12)17)8-13(18)9-4-6-11(16)7-5-9/h1-7,13H,8,18H2. The topological polar surface area (TPSA) is 26.0 Å². The van der Waals surface area contributed by atoms with E-state index in [-0.39, 0.29) is 10.8 Å². The first-order valence-corrected chi connectivity index (χ1v) is 5.89. The van der Waals surface area contributed by atoms with Crippen molar-refractivity contribution in [3.05, 3.63) is 70.2 Å². The van der Waals surface area contributed by atoms with Gasteiger partial charge in [-0.25, -0.2) is 8.78 Å². The van der Waals surface area contributed by atoms with E-state index in [1.165, 1.54) is 18.2 Å². The molecule has 0 amide bonds. The van der Waals surface area contributed by atoms with Gasteiger partial charge in [-0.3, -0.25) is 0 Å². The number of benzene rings is 2. The molecule has 1 unspecified atom stereocenters. The van der Waals surface area contributed by atoms with Crippen LogP contribution in [0.3, 0.4) is 0 Å². The number of halogens is 3. The molecule has 94 valence electrons. The molecule has 0 aliphatic heterocycles. The van der Waals surface area contributed by atoms with Crippen molar-refractivity contribution in [1.29, 1.82) is 0 Å². The summed E-state index contributed by atoms with van der Waals surface area (Å²) in [5.74, 6) is -0.767. The molecule has 0 fully saturated rings. The first kappa shape index (κ1) is 13.0. The maximum atomic E-state index is 13.7. The van der Waals surface area contributed by atoms with E-state index < -0.39 is 11.9 Å². The fourth-order valence-electron chi connectivity index (χ4n) is 1.77. The summed E-state index contributed by atoms with van der Waals surface area (Å²) in [6.45, 7) is 0. The van der Waals surface area contributed by atoms with Crippen molar-refractivity contribution < 1.29 is 8.78 Å². The predicted octanol–water partition coefficient (Wildman–Crippen LogP) is 3.86. The molecule has 0 saturated carbocycles. The highest BCUT2D eigenvalue weighted by atomic mass is 35.5. The predicted molar refractivity (Wildman–Crippen MR) is 68.4 cm³/mol. The fraction of sp³-hybridized carbons (Fsp3) is 0.143. The normalized spacial score (nSPS) is 12.4. The van der Waals surface area contributed by atoms with Crippen LogP contribution in [0.15, 0.2) is 42.5 Å². The van der Waals surface area contributed by atoms with Crippen LogP contribution in [0.25, 0.3) is 0 Å². The Bertz CT molecular complexity index is 540. The van der Waals surface area contributed by atoms with Gasteiger partial charge >= 0.3 is 0 Å². The average Bonchev–Trinajstić information content (AvgIpc) is 2.36. The van der Waals surface area contributed by atoms with Crippen molar-refractivity contribution in [2.24, 2.45) is 5.73 Å². The third-order valence-corrected chi connectivity index (χ3v) is 3.06. The molecule has 2 rings (SSSR count). The molecule has 1 nitrogen and oxygen atoms in total. The molecule has 4 heteroatoms. The molecule has 0 heterocycles. The first-order valence-electron chi connectivity index (χ1n) is 5.52. The molecule has 2 N–H and O–H groups in total. The molecule has 1 atom stereocenters. The van der Waals surface area contributed by atoms with Gasteiger partial charge in [0.25, 0.3) is 0 Å². The van der Waals surface area contributed by atoms with Crippen molar-refractivity contribution in [3.8, 4) is 0 Å². The maximum absolute atomic E-state index is 13.7. The second-order valence-electron chi connectivity index (χ2n) is 4.08. The van der Waals surface area contributed by atoms with Gasteiger partial charge in [0.05, 0.1) is 5.02 Å². The van der Waals surface area contributed by atoms with E-state index in [1.54, 1.807) is 24.3 Å². The van der Waals surface area contributed by atoms with E-state index in [0.717, 1.165) is 5.56 Å². The molecule has 2 aromatic rings. The highest BCUT2D eigenvalue weighted by Gasteiger charge is 2.12. The second-order valence-corrected chi connectivity index (χ2v) is 4.48. The van der Waals surface area contributed by atoms with Crippen LogP contribution in [0.1, 0.15) is 17.2 Å². The third-order valence-electron chi connectivity index (χ3n) is 2.77. The summed E-state index contributed by atoms with van der Waals surface area (Å²) in [5.41, 5.74) is 7.18. The molecule has 0 aliphatic rings. The lowest BCUT2D eigenvalue weighted by Gasteiger charge is -2.13. The fourth-order valence-corrected chi connectivity index (χ4v) is 1.96. The maximum Gasteiger partial charge on any atom is 0.145 e. The van der Waals surface area contributed by atoms with Crippen LogP contribution in [0.4, 0.5) is 8.78 Å². The van der Waals surface area contributed by atoms with Crippen LogP contribution in [0.5, 0.6) is 0 Å². The number of hydrogen-bond donors (Lipinski definition) is 1. The molecule has 0 bridgehead atoms. The summed E-state index contributed by atoms with van der Waals surface area (Å²) in [7, 11) is 0. The first-order chi connectivity index (χ1) is 8.58. The van der Waals surface area contributed by atoms with E-state index in [0.29, 0.717) is 12.0 Å². The van der Waals surface area contributed by atoms with Gasteiger partial charge in [-0.2, -0.15) is 0 Å². The van der Waals surface area contributed by atoms with E-state index in [1.807, 2.05) is 0 Å². The van der Waals surface area contributed by atoms with Crippen LogP contribution < -0.4 is 5.73 Å². The summed E-state index contributed by atoms with van der Waals surface area (Å²) in [5, 5.41) is 0.0822. The largest absolute Gasteiger partial charge is 0.324 e. The molecule has 0 radical (unpaired) electrons. The van der Waals surface area contributed by atoms with E-state index in [9.17, 15) is 8.78 Å². The SMILES string of the molecule is NC(Cc1cccc(Cl)c1F)c1ccc(F)cc1. The van der Waals surface area contributed by atoms with Crippen LogP contribution in [-0.4, -0.2) is 0 Å². The molecule has 18 heavy (non-hydrogen) atoms. The Morgan fingerprint density at radius 2 is 1.72 bits per heavy atom. The smallest absolute Gasteiger partial charge is 0.145 e. The third kappa shape index (κ3) is 2.86. The summed E-state index contributed by atoms with van der Waals surface area (Å²) in [4.78, 5) is 0. The lowest BCUT2D eigenvalue weighted by atomic mass is 9.99. The zero-order chi connectivity index (χ0) is 13.1. The minimum Gasteiger partial charge on any atom is -0.324 e. The average molecular weight is 268 g/mol. The second kappa shape index (κ2) is 5.46. The molecular weight excluding hydrogens is 256 g/mol. The van der Waals surface area contributed by atoms with Gasteiger partial charge in [0.15, 0.2) is 0 Å². The Kier molecular flexibility index (Phi) is 3.94. The minimum atomic E-state index is -0.447. The Morgan fingerprint density at radius 1 is 1.06 bits per heavy atom. The van der Waals surface area contributed by atoms with Crippen molar-refractivity contribution in [1.82, 2.24) is 0 Å². The lowest BCUT2D eigenvalue weighted by molar-refractivity contribution is 0.592. The highest BCUT2D eigenvalue weighted by Crippen LogP contribution is 2.22. The van der Waals surface area contributed by atoms with E-state index >= 15 is 0 Å². The summed E-state index contributed by atoms with van der Waals surface area (Å²) in [6, 6.07) is 10.3. The highest BCUT2D eigenvalue weighted by molar-refractivity contribution is 6.30. The van der Waals surface area contributed by atoms with Gasteiger partial charge in [0.2, 0.25) is 0 Å². The monoisotopic (exact) mass is 267 g/mol. The quantitative estimate of drug-likeness (QED) is 0.898. The summed E-state index contributed by atoms with van der Waals surface area (Å²) in [6.07, 6.45) is 0.317. The molecule has 0 aromatic heterocycles. The minimum absolute atomic E-state index is 0.0822. The summed E-state index contributed by atoms with van der Waals surface area (Å²) < 4.78 is 26.5. The lowest BCUT2D eigenvalue weighted by Crippen LogP contribution is -2.14. The van der Waals surface area contributed by atoms with Gasteiger partial charge in [-0.15, -0.1) is 0 Å². The van der Waals surface area contributed by atoms with Crippen molar-refractivity contribution in [2.75, 3.05) is 0 Å². The van der Waals surface area contributed by atoms with Gasteiger partial charge < -0.3 is 5.73 Å². The number of rotatable bonds is 3. The van der Waals surface area contributed by atoms with Crippen molar-refractivity contribution in [2.45, 2.75) is 12.5 Å². The summed E-state index contributed by atoms with van der Waals surface area (Å²) >= 11 is 5.70. The van der Waals surface area contributed by atoms with Crippen LogP contribution in [-0.2, 0) is 6.42 Å². The Hall–Kier alpha value is -1.45. The number of hydrogen-bond acceptors (Lipinski definition) is 1. The number of nitrogens with two attached hydrogens (primary N) is 1. The van der Waals surface area contributed by atoms with Crippen LogP contribution in [0, 0.1) is 11.6 Å². The van der Waals surface area contributed by atoms with Gasteiger partial charge in [-0.1, -0.05) is 35.9 Å². The van der Waals surface area contributed by atoms with Crippen LogP contribution in [0.2, 0.25) is 5.02 Å². The molecule has 0 aliphatic carbocycles. The molecule has 2 aromatic carbocycles. The van der Waals surface area contributed by atoms with Crippen molar-refractivity contribution in [3.63, 3.8) is 0 Å². The molecular formula is C14H12ClF2N. The molecule has 0 spiro atoms. The Labute approximate surface area is 109 Å². The molecule has 0 saturated heterocycles. The van der Waals surface area contributed by atoms with Gasteiger partial charge in [0.1, 0.15) is 11.6 Å².